The topological polar surface area (TPSA) is 151 Å². The fourth-order valence-electron chi connectivity index (χ4n) is 3.11. The van der Waals surface area contributed by atoms with Crippen molar-refractivity contribution < 1.29 is 47.4 Å². The van der Waals surface area contributed by atoms with Gasteiger partial charge in [-0.05, 0) is 53.6 Å². The second-order valence-corrected chi connectivity index (χ2v) is 7.33. The molecule has 3 aromatic carbocycles. The summed E-state index contributed by atoms with van der Waals surface area (Å²) in [6.45, 7) is 0.972. The fraction of sp³-hybridized carbons (Fsp3) is 0.0769. The van der Waals surface area contributed by atoms with Crippen LogP contribution >= 0.6 is 0 Å². The first kappa shape index (κ1) is 27.2. The second-order valence-electron chi connectivity index (χ2n) is 7.33. The van der Waals surface area contributed by atoms with E-state index in [1.54, 1.807) is 6.20 Å². The Morgan fingerprint density at radius 3 is 2.43 bits per heavy atom. The molecule has 1 unspecified atom stereocenters. The van der Waals surface area contributed by atoms with E-state index in [9.17, 15) is 20.4 Å². The van der Waals surface area contributed by atoms with Gasteiger partial charge in [0.1, 0.15) is 5.76 Å². The van der Waals surface area contributed by atoms with E-state index in [4.69, 9.17) is 9.90 Å². The Morgan fingerprint density at radius 1 is 1.09 bits per heavy atom. The quantitative estimate of drug-likeness (QED) is 0.358. The molecule has 0 aliphatic heterocycles. The van der Waals surface area contributed by atoms with Crippen molar-refractivity contribution in [2.75, 3.05) is 5.32 Å². The summed E-state index contributed by atoms with van der Waals surface area (Å²) < 4.78 is 0. The van der Waals surface area contributed by atoms with Crippen molar-refractivity contribution in [1.29, 1.82) is 0 Å². The van der Waals surface area contributed by atoms with Gasteiger partial charge in [0.2, 0.25) is 0 Å². The number of hydrogen-bond donors (Lipinski definition) is 3. The van der Waals surface area contributed by atoms with Crippen molar-refractivity contribution in [2.24, 2.45) is 4.99 Å². The number of fused-ring (bicyclic) bond motifs is 1. The maximum Gasteiger partial charge on any atom is 3.00 e. The zero-order valence-electron chi connectivity index (χ0n) is 18.5. The Labute approximate surface area is 212 Å². The van der Waals surface area contributed by atoms with Crippen LogP contribution in [0.5, 0.6) is 11.5 Å². The average molecular weight is 512 g/mol. The van der Waals surface area contributed by atoms with Crippen molar-refractivity contribution in [1.82, 2.24) is 0 Å². The van der Waals surface area contributed by atoms with Gasteiger partial charge < -0.3 is 35.6 Å². The first-order valence-corrected chi connectivity index (χ1v) is 10.2. The molecule has 3 N–H and O–H groups in total. The zero-order chi connectivity index (χ0) is 24.7. The molecule has 0 spiro atoms. The summed E-state index contributed by atoms with van der Waals surface area (Å²) in [6, 6.07) is 15.2. The summed E-state index contributed by atoms with van der Waals surface area (Å²) in [5.74, 6) is -1.58. The van der Waals surface area contributed by atoms with Crippen LogP contribution in [0, 0.1) is 0 Å². The summed E-state index contributed by atoms with van der Waals surface area (Å²) in [6.07, 6.45) is 6.49. The van der Waals surface area contributed by atoms with E-state index in [0.717, 1.165) is 17.7 Å². The van der Waals surface area contributed by atoms with Gasteiger partial charge in [-0.2, -0.15) is 0 Å². The number of aliphatic hydroxyl groups is 2. The molecule has 0 amide bonds. The van der Waals surface area contributed by atoms with E-state index in [1.165, 1.54) is 42.6 Å². The van der Waals surface area contributed by atoms with E-state index >= 15 is 0 Å². The molecule has 35 heavy (non-hydrogen) atoms. The number of rotatable bonds is 4. The number of carbonyl (C=O) groups excluding carboxylic acids is 1. The first-order chi connectivity index (χ1) is 16.2. The third kappa shape index (κ3) is 7.75. The molecular formula is C26H21MnN2O6. The number of nitrogens with one attached hydrogen (secondary N) is 1. The molecule has 1 aliphatic rings. The van der Waals surface area contributed by atoms with Gasteiger partial charge in [0.05, 0.1) is 17.5 Å². The van der Waals surface area contributed by atoms with Crippen LogP contribution in [-0.4, -0.2) is 28.5 Å². The Balaban J connectivity index is 0.000000804. The molecule has 1 atom stereocenters. The SMILES string of the molecule is CC(=O)[O-].[Mn+3].[O-]c1ccc([O-])c(C=Nc2cc3ccccc3cc2N/C=C2/C=C(O)C=CC2O)c1. The monoisotopic (exact) mass is 512 g/mol. The van der Waals surface area contributed by atoms with E-state index in [-0.39, 0.29) is 39.9 Å². The number of aliphatic carboxylic acids is 1. The number of anilines is 1. The number of carbonyl (C=O) groups is 1. The first-order valence-electron chi connectivity index (χ1n) is 10.2. The van der Waals surface area contributed by atoms with Gasteiger partial charge in [0, 0.05) is 24.0 Å². The van der Waals surface area contributed by atoms with E-state index in [0.29, 0.717) is 16.9 Å². The summed E-state index contributed by atoms with van der Waals surface area (Å²) in [5.41, 5.74) is 1.88. The molecule has 0 bridgehead atoms. The second kappa shape index (κ2) is 12.4. The fourth-order valence-corrected chi connectivity index (χ4v) is 3.11. The number of aliphatic hydroxyl groups excluding tert-OH is 2. The maximum absolute atomic E-state index is 12.0. The Morgan fingerprint density at radius 2 is 1.74 bits per heavy atom. The van der Waals surface area contributed by atoms with E-state index < -0.39 is 12.1 Å². The Hall–Kier alpha value is -4.04. The minimum absolute atomic E-state index is 0. The average Bonchev–Trinajstić information content (AvgIpc) is 2.79. The zero-order valence-corrected chi connectivity index (χ0v) is 19.7. The van der Waals surface area contributed by atoms with Crippen LogP contribution in [0.4, 0.5) is 11.4 Å². The van der Waals surface area contributed by atoms with E-state index in [2.05, 4.69) is 10.3 Å². The van der Waals surface area contributed by atoms with Crippen LogP contribution in [0.3, 0.4) is 0 Å². The minimum atomic E-state index is -1.08. The Bertz CT molecular complexity index is 1330. The van der Waals surface area contributed by atoms with Crippen molar-refractivity contribution in [3.8, 4) is 11.5 Å². The molecular weight excluding hydrogens is 491 g/mol. The number of nitrogens with zero attached hydrogens (tertiary/aromatic N) is 1. The standard InChI is InChI=1S/C24H20N2O4.C2H4O2.Mn/c27-19-5-7-23(29)17(9-19)13-25-21-11-15-3-1-2-4-16(15)12-22(21)26-14-18-10-20(28)6-8-24(18)30;1-2(3)4;/h1-14,23,25,27-30H;1H3,(H,3,4);/q;;+3/p-3/b17-13-,26-14?;;. The summed E-state index contributed by atoms with van der Waals surface area (Å²) in [5, 5.41) is 57.2. The van der Waals surface area contributed by atoms with Gasteiger partial charge in [0.15, 0.2) is 0 Å². The normalized spacial score (nSPS) is 15.8. The molecule has 0 saturated heterocycles. The van der Waals surface area contributed by atoms with Crippen LogP contribution in [0.15, 0.2) is 95.3 Å². The summed E-state index contributed by atoms with van der Waals surface area (Å²) in [4.78, 5) is 13.3. The van der Waals surface area contributed by atoms with Gasteiger partial charge in [-0.25, -0.2) is 0 Å². The summed E-state index contributed by atoms with van der Waals surface area (Å²) in [7, 11) is 0. The Kier molecular flexibility index (Phi) is 9.66. The number of carboxylic acids is 1. The van der Waals surface area contributed by atoms with Crippen LogP contribution in [0.1, 0.15) is 12.5 Å². The molecule has 4 rings (SSSR count). The van der Waals surface area contributed by atoms with Crippen LogP contribution in [-0.2, 0) is 21.9 Å². The third-order valence-electron chi connectivity index (χ3n) is 4.69. The molecule has 9 heteroatoms. The minimum Gasteiger partial charge on any atom is -0.872 e. The summed E-state index contributed by atoms with van der Waals surface area (Å²) >= 11 is 0. The number of hydrogen-bond acceptors (Lipinski definition) is 8. The number of carboxylic acid groups (broad SMARTS) is 1. The molecule has 0 radical (unpaired) electrons. The van der Waals surface area contributed by atoms with Gasteiger partial charge in [-0.15, -0.1) is 11.5 Å². The number of aliphatic imine (C=N–C) groups is 1. The molecule has 178 valence electrons. The van der Waals surface area contributed by atoms with Crippen LogP contribution in [0.25, 0.3) is 10.8 Å². The van der Waals surface area contributed by atoms with Crippen molar-refractivity contribution in [3.05, 3.63) is 95.9 Å². The van der Waals surface area contributed by atoms with E-state index in [1.807, 2.05) is 36.4 Å². The predicted molar refractivity (Wildman–Crippen MR) is 125 cm³/mol. The smallest absolute Gasteiger partial charge is 0.872 e. The largest absolute Gasteiger partial charge is 3.00 e. The van der Waals surface area contributed by atoms with Crippen LogP contribution in [0.2, 0.25) is 0 Å². The maximum atomic E-state index is 12.0. The number of benzene rings is 3. The van der Waals surface area contributed by atoms with Crippen molar-refractivity contribution in [2.45, 2.75) is 13.0 Å². The van der Waals surface area contributed by atoms with Gasteiger partial charge in [-0.1, -0.05) is 42.5 Å². The third-order valence-corrected chi connectivity index (χ3v) is 4.69. The van der Waals surface area contributed by atoms with Crippen molar-refractivity contribution in [3.63, 3.8) is 0 Å². The van der Waals surface area contributed by atoms with Crippen LogP contribution < -0.4 is 20.6 Å². The molecule has 0 aromatic heterocycles. The predicted octanol–water partition coefficient (Wildman–Crippen LogP) is 2.16. The molecule has 0 heterocycles. The van der Waals surface area contributed by atoms with Gasteiger partial charge in [-0.3, -0.25) is 4.99 Å². The molecule has 1 aliphatic carbocycles. The van der Waals surface area contributed by atoms with Gasteiger partial charge >= 0.3 is 17.1 Å². The molecule has 3 aromatic rings. The number of allylic oxidation sites excluding steroid dienone is 1. The molecule has 0 saturated carbocycles. The van der Waals surface area contributed by atoms with Crippen molar-refractivity contribution >= 4 is 34.3 Å². The molecule has 8 nitrogen and oxygen atoms in total. The van der Waals surface area contributed by atoms with Gasteiger partial charge in [0.25, 0.3) is 0 Å². The molecule has 0 fully saturated rings.